The van der Waals surface area contributed by atoms with Crippen molar-refractivity contribution in [2.24, 2.45) is 75.8 Å². The highest BCUT2D eigenvalue weighted by Crippen LogP contribution is 2.17. The lowest BCUT2D eigenvalue weighted by atomic mass is 9.98. The molecular formula is C66H128N16O11. The van der Waals surface area contributed by atoms with Crippen LogP contribution in [0.5, 0.6) is 0 Å². The lowest BCUT2D eigenvalue weighted by Crippen LogP contribution is -2.61. The van der Waals surface area contributed by atoms with Gasteiger partial charge in [0.05, 0.1) is 6.04 Å². The average molecular weight is 1320 g/mol. The summed E-state index contributed by atoms with van der Waals surface area (Å²) in [5.74, 6) is -7.99. The Morgan fingerprint density at radius 2 is 0.398 bits per heavy atom. The molecule has 0 saturated heterocycles. The molecule has 11 amide bonds. The van der Waals surface area contributed by atoms with Crippen molar-refractivity contribution in [1.82, 2.24) is 53.2 Å². The van der Waals surface area contributed by atoms with E-state index in [1.165, 1.54) is 0 Å². The smallest absolute Gasteiger partial charge is 0.243 e. The first-order valence-electron chi connectivity index (χ1n) is 34.5. The molecule has 11 atom stereocenters. The van der Waals surface area contributed by atoms with Gasteiger partial charge in [0.2, 0.25) is 65.0 Å². The van der Waals surface area contributed by atoms with Crippen LogP contribution in [0, 0.1) is 41.4 Å². The maximum Gasteiger partial charge on any atom is 0.243 e. The SMILES string of the molecule is CC(C)C[C@H](NC(=O)[C@@H](CC(C)C)NC(=O)[C@H](CC(C)C)NC(=O)[C@@H](CCCCN)NC(=O)[C@H](CC(C)C)NC(=O)[C@@H](CC(C)C)NC(=O)[C@H](CCCCN)NC(=O)[C@@H](CC(C)C)NC(=O)[C@H](CC(C)C)NC(=O)[C@@H](CCCCN)NC(=O)[C@@H](N)CCCCN)C(N)=O. The van der Waals surface area contributed by atoms with Crippen LogP contribution < -0.4 is 87.6 Å². The van der Waals surface area contributed by atoms with Gasteiger partial charge in [-0.25, -0.2) is 0 Å². The maximum absolute atomic E-state index is 14.6. The minimum atomic E-state index is -1.23. The van der Waals surface area contributed by atoms with Crippen molar-refractivity contribution in [2.45, 2.75) is 285 Å². The molecule has 93 heavy (non-hydrogen) atoms. The Labute approximate surface area is 556 Å². The van der Waals surface area contributed by atoms with Gasteiger partial charge in [0, 0.05) is 0 Å². The van der Waals surface area contributed by atoms with Gasteiger partial charge in [-0.2, -0.15) is 0 Å². The topological polar surface area (TPSA) is 464 Å². The third kappa shape index (κ3) is 38.2. The highest BCUT2D eigenvalue weighted by molar-refractivity contribution is 5.99. The molecule has 0 aromatic carbocycles. The summed E-state index contributed by atoms with van der Waals surface area (Å²) in [4.78, 5) is 154. The molecule has 0 heterocycles. The van der Waals surface area contributed by atoms with Crippen molar-refractivity contribution in [2.75, 3.05) is 26.2 Å². The molecule has 0 saturated carbocycles. The summed E-state index contributed by atoms with van der Waals surface area (Å²) in [5, 5.41) is 28.1. The number of rotatable bonds is 51. The van der Waals surface area contributed by atoms with E-state index in [9.17, 15) is 52.7 Å². The molecule has 27 nitrogen and oxygen atoms in total. The van der Waals surface area contributed by atoms with Gasteiger partial charge in [-0.1, -0.05) is 103 Å². The minimum Gasteiger partial charge on any atom is -0.368 e. The second-order valence-electron chi connectivity index (χ2n) is 28.2. The summed E-state index contributed by atoms with van der Waals surface area (Å²) >= 11 is 0. The van der Waals surface area contributed by atoms with Crippen LogP contribution in [0.25, 0.3) is 0 Å². The van der Waals surface area contributed by atoms with E-state index < -0.39 is 131 Å². The lowest BCUT2D eigenvalue weighted by Gasteiger charge is -2.30. The maximum atomic E-state index is 14.6. The normalized spacial score (nSPS) is 15.2. The molecule has 0 aliphatic heterocycles. The summed E-state index contributed by atoms with van der Waals surface area (Å²) in [7, 11) is 0. The van der Waals surface area contributed by atoms with Gasteiger partial charge in [0.15, 0.2) is 0 Å². The van der Waals surface area contributed by atoms with Crippen molar-refractivity contribution in [3.63, 3.8) is 0 Å². The number of unbranched alkanes of at least 4 members (excludes halogenated alkanes) is 4. The van der Waals surface area contributed by atoms with Gasteiger partial charge >= 0.3 is 0 Å². The van der Waals surface area contributed by atoms with E-state index in [1.54, 1.807) is 0 Å². The first-order valence-corrected chi connectivity index (χ1v) is 34.5. The first-order chi connectivity index (χ1) is 43.6. The Kier molecular flexibility index (Phi) is 44.7. The number of primary amides is 1. The summed E-state index contributed by atoms with van der Waals surface area (Å²) < 4.78 is 0. The Hall–Kier alpha value is -6.03. The molecule has 0 aromatic heterocycles. The van der Waals surface area contributed by atoms with Gasteiger partial charge in [-0.15, -0.1) is 0 Å². The Morgan fingerprint density at radius 3 is 0.591 bits per heavy atom. The third-order valence-electron chi connectivity index (χ3n) is 15.5. The van der Waals surface area contributed by atoms with Crippen LogP contribution in [0.3, 0.4) is 0 Å². The fourth-order valence-corrected chi connectivity index (χ4v) is 10.6. The van der Waals surface area contributed by atoms with E-state index in [1.807, 2.05) is 96.9 Å². The van der Waals surface area contributed by atoms with Crippen LogP contribution in [0.15, 0.2) is 0 Å². The van der Waals surface area contributed by atoms with Crippen LogP contribution in [0.1, 0.15) is 219 Å². The molecule has 538 valence electrons. The second kappa shape index (κ2) is 47.8. The van der Waals surface area contributed by atoms with E-state index in [-0.39, 0.29) is 112 Å². The van der Waals surface area contributed by atoms with E-state index in [0.29, 0.717) is 77.4 Å². The van der Waals surface area contributed by atoms with E-state index in [4.69, 9.17) is 34.4 Å². The molecule has 0 spiro atoms. The van der Waals surface area contributed by atoms with Crippen molar-refractivity contribution in [3.8, 4) is 0 Å². The van der Waals surface area contributed by atoms with Gasteiger partial charge < -0.3 is 87.6 Å². The van der Waals surface area contributed by atoms with Gasteiger partial charge in [-0.3, -0.25) is 52.7 Å². The number of amides is 11. The van der Waals surface area contributed by atoms with Crippen LogP contribution in [0.2, 0.25) is 0 Å². The zero-order chi connectivity index (χ0) is 71.1. The molecule has 0 bridgehead atoms. The summed E-state index contributed by atoms with van der Waals surface area (Å²) in [5.41, 5.74) is 34.9. The monoisotopic (exact) mass is 1320 g/mol. The predicted octanol–water partition coefficient (Wildman–Crippen LogP) is 1.49. The standard InChI is InChI=1S/C66H128N16O11/c1-38(2)31-49(56(72)83)76-63(90)52(34-41(7)8)82-66(93)55(37-44(13)14)79-60(87)48(26-18-22-30-70)75-62(89)51(33-40(5)6)81-65(92)54(36-43(11)12)78-59(86)47(25-17-21-29-69)74-61(88)50(32-39(3)4)80-64(91)53(35-42(9)10)77-58(85)46(24-16-20-28-68)73-57(84)45(71)23-15-19-27-67/h38-55H,15-37,67-71H2,1-14H3,(H2,72,83)(H,73,84)(H,74,88)(H,75,89)(H,76,90)(H,77,85)(H,78,86)(H,79,87)(H,80,91)(H,81,92)(H,82,93)/t45-,46+,47-,48+,49-,50+,51-,52+,53-,54+,55-/m0/s1. The summed E-state index contributed by atoms with van der Waals surface area (Å²) in [6, 6.07) is -12.3. The van der Waals surface area contributed by atoms with Crippen LogP contribution >= 0.6 is 0 Å². The van der Waals surface area contributed by atoms with E-state index in [0.717, 1.165) is 0 Å². The highest BCUT2D eigenvalue weighted by atomic mass is 16.2. The molecular weight excluding hydrogens is 1190 g/mol. The molecule has 22 N–H and O–H groups in total. The minimum absolute atomic E-state index is 0.0280. The average Bonchev–Trinajstić information content (AvgIpc) is 1.72. The number of nitrogens with one attached hydrogen (secondary N) is 10. The van der Waals surface area contributed by atoms with E-state index >= 15 is 0 Å². The third-order valence-corrected chi connectivity index (χ3v) is 15.5. The molecule has 0 aliphatic carbocycles. The zero-order valence-electron chi connectivity index (χ0n) is 59.1. The predicted molar refractivity (Wildman–Crippen MR) is 364 cm³/mol. The van der Waals surface area contributed by atoms with Crippen LogP contribution in [0.4, 0.5) is 0 Å². The Balaban J connectivity index is 7.03. The van der Waals surface area contributed by atoms with Crippen LogP contribution in [-0.4, -0.2) is 158 Å². The fourth-order valence-electron chi connectivity index (χ4n) is 10.6. The molecule has 0 rings (SSSR count). The summed E-state index contributed by atoms with van der Waals surface area (Å²) in [6.07, 6.45) is 6.18. The number of carbonyl (C=O) groups excluding carboxylic acids is 11. The molecule has 0 aromatic rings. The Morgan fingerprint density at radius 1 is 0.237 bits per heavy atom. The van der Waals surface area contributed by atoms with Crippen molar-refractivity contribution < 1.29 is 52.7 Å². The van der Waals surface area contributed by atoms with Crippen LogP contribution in [-0.2, 0) is 52.7 Å². The fraction of sp³-hybridized carbons (Fsp3) is 0.833. The second-order valence-corrected chi connectivity index (χ2v) is 28.2. The van der Waals surface area contributed by atoms with E-state index in [2.05, 4.69) is 53.2 Å². The highest BCUT2D eigenvalue weighted by Gasteiger charge is 2.37. The van der Waals surface area contributed by atoms with Crippen molar-refractivity contribution >= 4 is 65.0 Å². The van der Waals surface area contributed by atoms with Crippen molar-refractivity contribution in [1.29, 1.82) is 0 Å². The lowest BCUT2D eigenvalue weighted by molar-refractivity contribution is -0.136. The number of hydrogen-bond acceptors (Lipinski definition) is 16. The Bertz CT molecular complexity index is 2270. The molecule has 0 unspecified atom stereocenters. The van der Waals surface area contributed by atoms with Gasteiger partial charge in [0.1, 0.15) is 60.4 Å². The number of nitrogens with two attached hydrogens (primary N) is 6. The van der Waals surface area contributed by atoms with Gasteiger partial charge in [0.25, 0.3) is 0 Å². The molecule has 0 fully saturated rings. The number of carbonyl (C=O) groups is 11. The molecule has 0 radical (unpaired) electrons. The number of hydrogen-bond donors (Lipinski definition) is 16. The zero-order valence-corrected chi connectivity index (χ0v) is 59.1. The first kappa shape index (κ1) is 87.0. The van der Waals surface area contributed by atoms with Gasteiger partial charge in [-0.05, 0) is 183 Å². The molecule has 27 heteroatoms. The summed E-state index contributed by atoms with van der Waals surface area (Å²) in [6.45, 7) is 27.5. The quantitative estimate of drug-likeness (QED) is 0.0384. The van der Waals surface area contributed by atoms with Crippen molar-refractivity contribution in [3.05, 3.63) is 0 Å². The largest absolute Gasteiger partial charge is 0.368 e. The molecule has 0 aliphatic rings.